The molecule has 1 fully saturated rings. The second kappa shape index (κ2) is 6.27. The van der Waals surface area contributed by atoms with Crippen LogP contribution in [0.2, 0.25) is 0 Å². The highest BCUT2D eigenvalue weighted by Crippen LogP contribution is 2.58. The molecule has 2 heteroatoms. The van der Waals surface area contributed by atoms with E-state index in [1.807, 2.05) is 0 Å². The van der Waals surface area contributed by atoms with Gasteiger partial charge in [0, 0.05) is 11.5 Å². The molecular formula is C27H23NO. The summed E-state index contributed by atoms with van der Waals surface area (Å²) in [5.41, 5.74) is 11.4. The quantitative estimate of drug-likeness (QED) is 0.464. The summed E-state index contributed by atoms with van der Waals surface area (Å²) in [6.07, 6.45) is 3.48. The zero-order valence-corrected chi connectivity index (χ0v) is 16.7. The zero-order chi connectivity index (χ0) is 19.5. The molecule has 0 aliphatic carbocycles. The third-order valence-electron chi connectivity index (χ3n) is 6.69. The fourth-order valence-electron chi connectivity index (χ4n) is 5.12. The standard InChI is InChI=1S/C27H23NO/c1-16-12-21-22(13-17(16)2)27-26-19(15-25(21)29-27)14-24(18-8-4-3-5-9-18)28-23-11-7-6-10-20(23)26/h3-14,25-27H,15H2,1-2H3/t25-,26-,27-/m1/s1. The average Bonchev–Trinajstić information content (AvgIpc) is 2.91. The molecule has 3 aromatic carbocycles. The first kappa shape index (κ1) is 16.9. The van der Waals surface area contributed by atoms with Crippen molar-refractivity contribution in [3.05, 3.63) is 112 Å². The third-order valence-corrected chi connectivity index (χ3v) is 6.69. The van der Waals surface area contributed by atoms with E-state index in [2.05, 4.69) is 86.7 Å². The Morgan fingerprint density at radius 2 is 1.55 bits per heavy atom. The van der Waals surface area contributed by atoms with E-state index >= 15 is 0 Å². The Morgan fingerprint density at radius 3 is 2.38 bits per heavy atom. The van der Waals surface area contributed by atoms with Gasteiger partial charge >= 0.3 is 0 Å². The number of allylic oxidation sites excluding steroid dienone is 1. The first-order valence-corrected chi connectivity index (χ1v) is 10.4. The van der Waals surface area contributed by atoms with Gasteiger partial charge in [0.1, 0.15) is 0 Å². The molecule has 0 saturated carbocycles. The summed E-state index contributed by atoms with van der Waals surface area (Å²) in [4.78, 5) is 5.09. The molecule has 6 rings (SSSR count). The van der Waals surface area contributed by atoms with Gasteiger partial charge in [-0.05, 0) is 60.2 Å². The number of ether oxygens (including phenoxy) is 1. The van der Waals surface area contributed by atoms with Gasteiger partial charge in [-0.2, -0.15) is 0 Å². The smallest absolute Gasteiger partial charge is 0.0943 e. The topological polar surface area (TPSA) is 21.6 Å². The van der Waals surface area contributed by atoms with Gasteiger partial charge in [-0.25, -0.2) is 4.99 Å². The summed E-state index contributed by atoms with van der Waals surface area (Å²) >= 11 is 0. The van der Waals surface area contributed by atoms with E-state index in [0.717, 1.165) is 17.8 Å². The monoisotopic (exact) mass is 377 g/mol. The van der Waals surface area contributed by atoms with Crippen molar-refractivity contribution >= 4 is 11.4 Å². The molecule has 3 atom stereocenters. The molecular weight excluding hydrogens is 354 g/mol. The van der Waals surface area contributed by atoms with Gasteiger partial charge in [0.15, 0.2) is 0 Å². The van der Waals surface area contributed by atoms with Crippen LogP contribution in [0.15, 0.2) is 83.4 Å². The average molecular weight is 377 g/mol. The fraction of sp³-hybridized carbons (Fsp3) is 0.222. The van der Waals surface area contributed by atoms with Gasteiger partial charge in [0.05, 0.1) is 23.6 Å². The van der Waals surface area contributed by atoms with Crippen molar-refractivity contribution in [2.45, 2.75) is 38.4 Å². The summed E-state index contributed by atoms with van der Waals surface area (Å²) in [5.74, 6) is 0.218. The Hall–Kier alpha value is -2.97. The van der Waals surface area contributed by atoms with Crippen LogP contribution < -0.4 is 0 Å². The van der Waals surface area contributed by atoms with Crippen molar-refractivity contribution in [3.63, 3.8) is 0 Å². The normalized spacial score (nSPS) is 24.0. The Labute approximate surface area is 171 Å². The highest BCUT2D eigenvalue weighted by Gasteiger charge is 2.45. The predicted octanol–water partition coefficient (Wildman–Crippen LogP) is 6.66. The lowest BCUT2D eigenvalue weighted by Gasteiger charge is -2.33. The van der Waals surface area contributed by atoms with Crippen LogP contribution in [0.4, 0.5) is 5.69 Å². The van der Waals surface area contributed by atoms with Gasteiger partial charge in [-0.15, -0.1) is 0 Å². The summed E-state index contributed by atoms with van der Waals surface area (Å²) in [5, 5.41) is 0. The molecule has 0 spiro atoms. The number of hydrogen-bond donors (Lipinski definition) is 0. The molecule has 2 nitrogen and oxygen atoms in total. The number of nitrogens with zero attached hydrogens (tertiary/aromatic N) is 1. The van der Waals surface area contributed by atoms with Crippen molar-refractivity contribution in [1.82, 2.24) is 0 Å². The molecule has 3 aromatic rings. The summed E-state index contributed by atoms with van der Waals surface area (Å²) in [6.45, 7) is 4.40. The van der Waals surface area contributed by atoms with Crippen LogP contribution in [0.25, 0.3) is 0 Å². The van der Waals surface area contributed by atoms with Crippen molar-refractivity contribution in [3.8, 4) is 0 Å². The van der Waals surface area contributed by atoms with Crippen LogP contribution >= 0.6 is 0 Å². The van der Waals surface area contributed by atoms with Gasteiger partial charge in [0.25, 0.3) is 0 Å². The SMILES string of the molecule is Cc1cc2c(cc1C)[C@H]1CC3=CC(c4ccccc4)=Nc4ccccc4[C@@H]3[C@@H]2O1. The minimum Gasteiger partial charge on any atom is -0.364 e. The third kappa shape index (κ3) is 2.56. The van der Waals surface area contributed by atoms with Crippen LogP contribution in [-0.2, 0) is 4.74 Å². The first-order valence-electron chi connectivity index (χ1n) is 10.4. The van der Waals surface area contributed by atoms with Crippen molar-refractivity contribution in [1.29, 1.82) is 0 Å². The van der Waals surface area contributed by atoms with E-state index in [4.69, 9.17) is 9.73 Å². The molecule has 3 heterocycles. The van der Waals surface area contributed by atoms with Crippen LogP contribution in [0.5, 0.6) is 0 Å². The highest BCUT2D eigenvalue weighted by atomic mass is 16.5. The molecule has 2 bridgehead atoms. The number of aryl methyl sites for hydroxylation is 2. The van der Waals surface area contributed by atoms with Crippen LogP contribution in [0, 0.1) is 13.8 Å². The molecule has 29 heavy (non-hydrogen) atoms. The summed E-state index contributed by atoms with van der Waals surface area (Å²) in [7, 11) is 0. The van der Waals surface area contributed by atoms with Crippen molar-refractivity contribution in [2.75, 3.05) is 0 Å². The predicted molar refractivity (Wildman–Crippen MR) is 117 cm³/mol. The van der Waals surface area contributed by atoms with Gasteiger partial charge in [0.2, 0.25) is 0 Å². The Kier molecular flexibility index (Phi) is 3.66. The van der Waals surface area contributed by atoms with Crippen molar-refractivity contribution < 1.29 is 4.74 Å². The summed E-state index contributed by atoms with van der Waals surface area (Å²) in [6, 6.07) is 23.8. The molecule has 3 aliphatic heterocycles. The van der Waals surface area contributed by atoms with E-state index in [1.54, 1.807) is 0 Å². The lowest BCUT2D eigenvalue weighted by molar-refractivity contribution is -0.0203. The number of benzene rings is 3. The summed E-state index contributed by atoms with van der Waals surface area (Å²) < 4.78 is 6.61. The Morgan fingerprint density at radius 1 is 0.828 bits per heavy atom. The van der Waals surface area contributed by atoms with E-state index in [0.29, 0.717) is 0 Å². The number of aliphatic imine (C=N–C) groups is 1. The second-order valence-electron chi connectivity index (χ2n) is 8.43. The minimum atomic E-state index is 0.0702. The largest absolute Gasteiger partial charge is 0.364 e. The number of rotatable bonds is 1. The lowest BCUT2D eigenvalue weighted by atomic mass is 9.81. The van der Waals surface area contributed by atoms with Gasteiger partial charge in [-0.3, -0.25) is 0 Å². The van der Waals surface area contributed by atoms with E-state index < -0.39 is 0 Å². The number of para-hydroxylation sites is 1. The Balaban J connectivity index is 1.57. The van der Waals surface area contributed by atoms with Crippen LogP contribution in [0.3, 0.4) is 0 Å². The lowest BCUT2D eigenvalue weighted by Crippen LogP contribution is -2.19. The minimum absolute atomic E-state index is 0.0702. The molecule has 0 radical (unpaired) electrons. The first-order chi connectivity index (χ1) is 14.2. The van der Waals surface area contributed by atoms with E-state index in [1.165, 1.54) is 39.0 Å². The molecule has 142 valence electrons. The maximum Gasteiger partial charge on any atom is 0.0943 e. The molecule has 0 N–H and O–H groups in total. The fourth-order valence-corrected chi connectivity index (χ4v) is 5.12. The number of hydrogen-bond acceptors (Lipinski definition) is 2. The highest BCUT2D eigenvalue weighted by molar-refractivity contribution is 6.11. The molecule has 3 aliphatic rings. The van der Waals surface area contributed by atoms with E-state index in [-0.39, 0.29) is 18.1 Å². The van der Waals surface area contributed by atoms with E-state index in [9.17, 15) is 0 Å². The molecule has 1 saturated heterocycles. The second-order valence-corrected chi connectivity index (χ2v) is 8.43. The number of fused-ring (bicyclic) bond motifs is 9. The maximum atomic E-state index is 6.61. The van der Waals surface area contributed by atoms with Gasteiger partial charge < -0.3 is 4.74 Å². The van der Waals surface area contributed by atoms with Crippen LogP contribution in [-0.4, -0.2) is 5.71 Å². The molecule has 0 aromatic heterocycles. The molecule has 0 unspecified atom stereocenters. The Bertz CT molecular complexity index is 1190. The van der Waals surface area contributed by atoms with Crippen molar-refractivity contribution in [2.24, 2.45) is 4.99 Å². The zero-order valence-electron chi connectivity index (χ0n) is 16.7. The van der Waals surface area contributed by atoms with Gasteiger partial charge in [-0.1, -0.05) is 66.2 Å². The van der Waals surface area contributed by atoms with Crippen LogP contribution in [0.1, 0.15) is 57.9 Å². The maximum absolute atomic E-state index is 6.61. The molecule has 0 amide bonds.